The van der Waals surface area contributed by atoms with Gasteiger partial charge in [0.2, 0.25) is 0 Å². The third kappa shape index (κ3) is 2.74. The Morgan fingerprint density at radius 2 is 1.88 bits per heavy atom. The largest absolute Gasteiger partial charge is 0.417 e. The average molecular weight is 229 g/mol. The minimum absolute atomic E-state index is 0.615. The van der Waals surface area contributed by atoms with Crippen molar-refractivity contribution in [1.82, 2.24) is 4.98 Å². The summed E-state index contributed by atoms with van der Waals surface area (Å²) in [5.41, 5.74) is 0.113. The molecule has 0 amide bonds. The van der Waals surface area contributed by atoms with Crippen LogP contribution in [0.25, 0.3) is 0 Å². The molecule has 88 valence electrons. The second-order valence-electron chi connectivity index (χ2n) is 4.39. The summed E-state index contributed by atoms with van der Waals surface area (Å²) in [6.07, 6.45) is 2.32. The normalized spacial score (nSPS) is 17.9. The van der Waals surface area contributed by atoms with E-state index in [1.807, 2.05) is 0 Å². The van der Waals surface area contributed by atoms with Gasteiger partial charge in [-0.25, -0.2) is 0 Å². The number of nitrogens with zero attached hydrogens (tertiary/aromatic N) is 1. The van der Waals surface area contributed by atoms with E-state index in [-0.39, 0.29) is 0 Å². The third-order valence-corrected chi connectivity index (χ3v) is 3.12. The monoisotopic (exact) mass is 229 g/mol. The Labute approximate surface area is 92.7 Å². The molecule has 0 N–H and O–H groups in total. The molecule has 0 aromatic carbocycles. The first-order chi connectivity index (χ1) is 7.55. The molecule has 1 aromatic heterocycles. The van der Waals surface area contributed by atoms with E-state index in [9.17, 15) is 13.2 Å². The van der Waals surface area contributed by atoms with Crippen LogP contribution in [-0.4, -0.2) is 4.98 Å². The molecule has 0 bridgehead atoms. The van der Waals surface area contributed by atoms with Crippen LogP contribution in [0.2, 0.25) is 0 Å². The van der Waals surface area contributed by atoms with Crippen LogP contribution in [-0.2, 0) is 12.6 Å². The molecule has 0 atom stereocenters. The fourth-order valence-corrected chi connectivity index (χ4v) is 2.22. The topological polar surface area (TPSA) is 12.9 Å². The Bertz CT molecular complexity index is 336. The minimum atomic E-state index is -4.28. The first-order valence-corrected chi connectivity index (χ1v) is 5.58. The quantitative estimate of drug-likeness (QED) is 0.751. The predicted octanol–water partition coefficient (Wildman–Crippen LogP) is 3.83. The van der Waals surface area contributed by atoms with Crippen molar-refractivity contribution in [2.75, 3.05) is 0 Å². The van der Waals surface area contributed by atoms with Crippen LogP contribution < -0.4 is 0 Å². The number of alkyl halides is 3. The van der Waals surface area contributed by atoms with Crippen LogP contribution in [0.3, 0.4) is 0 Å². The van der Waals surface area contributed by atoms with Gasteiger partial charge in [0.25, 0.3) is 0 Å². The van der Waals surface area contributed by atoms with E-state index in [0.29, 0.717) is 5.92 Å². The molecule has 0 radical (unpaired) electrons. The lowest BCUT2D eigenvalue weighted by Crippen LogP contribution is -2.07. The van der Waals surface area contributed by atoms with Crippen molar-refractivity contribution in [1.29, 1.82) is 0 Å². The van der Waals surface area contributed by atoms with Gasteiger partial charge >= 0.3 is 6.18 Å². The van der Waals surface area contributed by atoms with Gasteiger partial charge in [0.15, 0.2) is 0 Å². The van der Waals surface area contributed by atoms with E-state index in [2.05, 4.69) is 4.98 Å². The zero-order valence-electron chi connectivity index (χ0n) is 8.93. The summed E-state index contributed by atoms with van der Waals surface area (Å²) in [6, 6.07) is 2.62. The van der Waals surface area contributed by atoms with Gasteiger partial charge in [0, 0.05) is 11.9 Å². The number of rotatable bonds is 2. The molecule has 0 spiro atoms. The summed E-state index contributed by atoms with van der Waals surface area (Å²) in [6.45, 7) is 0. The van der Waals surface area contributed by atoms with Gasteiger partial charge < -0.3 is 0 Å². The zero-order chi connectivity index (χ0) is 11.6. The van der Waals surface area contributed by atoms with E-state index in [1.54, 1.807) is 0 Å². The maximum Gasteiger partial charge on any atom is 0.417 e. The van der Waals surface area contributed by atoms with Gasteiger partial charge in [-0.3, -0.25) is 4.98 Å². The molecule has 2 rings (SSSR count). The van der Waals surface area contributed by atoms with Crippen molar-refractivity contribution in [2.45, 2.75) is 38.3 Å². The number of aromatic nitrogens is 1. The Balaban J connectivity index is 2.01. The van der Waals surface area contributed by atoms with Crippen molar-refractivity contribution in [3.8, 4) is 0 Å². The van der Waals surface area contributed by atoms with Crippen LogP contribution in [0.5, 0.6) is 0 Å². The lowest BCUT2D eigenvalue weighted by atomic mass is 10.0. The van der Waals surface area contributed by atoms with Crippen molar-refractivity contribution in [3.05, 3.63) is 29.6 Å². The Kier molecular flexibility index (Phi) is 3.17. The first kappa shape index (κ1) is 11.4. The van der Waals surface area contributed by atoms with E-state index < -0.39 is 11.7 Å². The summed E-state index contributed by atoms with van der Waals surface area (Å²) in [7, 11) is 0. The summed E-state index contributed by atoms with van der Waals surface area (Å²) in [5.74, 6) is 0.615. The Morgan fingerprint density at radius 1 is 1.19 bits per heavy atom. The lowest BCUT2D eigenvalue weighted by molar-refractivity contribution is -0.137. The molecule has 0 aliphatic heterocycles. The van der Waals surface area contributed by atoms with Crippen molar-refractivity contribution in [3.63, 3.8) is 0 Å². The number of hydrogen-bond donors (Lipinski definition) is 0. The summed E-state index contributed by atoms with van der Waals surface area (Å²) in [4.78, 5) is 3.89. The molecule has 0 saturated heterocycles. The fraction of sp³-hybridized carbons (Fsp3) is 0.583. The fourth-order valence-electron chi connectivity index (χ4n) is 2.22. The summed E-state index contributed by atoms with van der Waals surface area (Å²) in [5, 5.41) is 0. The van der Waals surface area contributed by atoms with Gasteiger partial charge in [-0.15, -0.1) is 0 Å². The zero-order valence-corrected chi connectivity index (χ0v) is 8.93. The second-order valence-corrected chi connectivity index (χ2v) is 4.39. The average Bonchev–Trinajstić information content (AvgIpc) is 2.70. The molecule has 1 saturated carbocycles. The van der Waals surface area contributed by atoms with Gasteiger partial charge in [-0.05, 0) is 24.5 Å². The Morgan fingerprint density at radius 3 is 2.38 bits per heavy atom. The molecule has 1 aromatic rings. The summed E-state index contributed by atoms with van der Waals surface area (Å²) >= 11 is 0. The van der Waals surface area contributed by atoms with Gasteiger partial charge in [0.05, 0.1) is 5.56 Å². The van der Waals surface area contributed by atoms with Crippen LogP contribution >= 0.6 is 0 Å². The maximum absolute atomic E-state index is 12.3. The predicted molar refractivity (Wildman–Crippen MR) is 54.9 cm³/mol. The first-order valence-electron chi connectivity index (χ1n) is 5.58. The van der Waals surface area contributed by atoms with Gasteiger partial charge in [-0.2, -0.15) is 13.2 Å². The Hall–Kier alpha value is -1.06. The van der Waals surface area contributed by atoms with E-state index >= 15 is 0 Å². The standard InChI is InChI=1S/C12H14F3N/c13-12(14,15)10-5-6-11(16-8-10)7-9-3-1-2-4-9/h5-6,8-9H,1-4,7H2. The van der Waals surface area contributed by atoms with Crippen molar-refractivity contribution >= 4 is 0 Å². The smallest absolute Gasteiger partial charge is 0.261 e. The molecule has 1 fully saturated rings. The van der Waals surface area contributed by atoms with Crippen LogP contribution in [0.4, 0.5) is 13.2 Å². The highest BCUT2D eigenvalue weighted by Crippen LogP contribution is 2.30. The molecular formula is C12H14F3N. The maximum atomic E-state index is 12.3. The van der Waals surface area contributed by atoms with E-state index in [1.165, 1.54) is 31.7 Å². The van der Waals surface area contributed by atoms with E-state index in [4.69, 9.17) is 0 Å². The summed E-state index contributed by atoms with van der Waals surface area (Å²) < 4.78 is 36.9. The molecule has 1 heterocycles. The minimum Gasteiger partial charge on any atom is -0.261 e. The molecule has 1 nitrogen and oxygen atoms in total. The van der Waals surface area contributed by atoms with Crippen molar-refractivity contribution in [2.24, 2.45) is 5.92 Å². The van der Waals surface area contributed by atoms with Crippen LogP contribution in [0.15, 0.2) is 18.3 Å². The number of hydrogen-bond acceptors (Lipinski definition) is 1. The molecule has 16 heavy (non-hydrogen) atoms. The van der Waals surface area contributed by atoms with Gasteiger partial charge in [-0.1, -0.05) is 25.7 Å². The molecule has 4 heteroatoms. The highest BCUT2D eigenvalue weighted by Gasteiger charge is 2.30. The molecular weight excluding hydrogens is 215 g/mol. The SMILES string of the molecule is FC(F)(F)c1ccc(CC2CCCC2)nc1. The lowest BCUT2D eigenvalue weighted by Gasteiger charge is -2.09. The van der Waals surface area contributed by atoms with Crippen LogP contribution in [0.1, 0.15) is 36.9 Å². The number of halogens is 3. The van der Waals surface area contributed by atoms with E-state index in [0.717, 1.165) is 24.4 Å². The molecule has 0 unspecified atom stereocenters. The highest BCUT2D eigenvalue weighted by molar-refractivity contribution is 5.17. The second kappa shape index (κ2) is 4.44. The molecule has 1 aliphatic rings. The third-order valence-electron chi connectivity index (χ3n) is 3.12. The van der Waals surface area contributed by atoms with Gasteiger partial charge in [0.1, 0.15) is 0 Å². The number of pyridine rings is 1. The highest BCUT2D eigenvalue weighted by atomic mass is 19.4. The molecule has 1 aliphatic carbocycles. The van der Waals surface area contributed by atoms with Crippen LogP contribution in [0, 0.1) is 5.92 Å². The van der Waals surface area contributed by atoms with Crippen molar-refractivity contribution < 1.29 is 13.2 Å².